The van der Waals surface area contributed by atoms with Crippen LogP contribution in [0.15, 0.2) is 24.7 Å². The normalized spacial score (nSPS) is 15.4. The fourth-order valence-electron chi connectivity index (χ4n) is 3.85. The minimum Gasteiger partial charge on any atom is -0.593 e. The smallest absolute Gasteiger partial charge is 0.201 e. The Labute approximate surface area is 181 Å². The first-order chi connectivity index (χ1) is 15.0. The Balaban J connectivity index is 1.73. The Morgan fingerprint density at radius 2 is 2.06 bits per heavy atom. The Morgan fingerprint density at radius 1 is 1.29 bits per heavy atom. The molecule has 1 aromatic carbocycles. The molecule has 1 unspecified atom stereocenters. The standard InChI is InChI=1S/C21H23F2N5O2S/c1-2-9-31(30)28-15-8-7-14(22)17(18(15)23)19(29)13-10-24-20-16(13)21(26-11-25-20)27-12-5-3-4-6-12/h7-8,10-12,28H,2-6,9H2,1H3,(H2,24,25,26,27). The van der Waals surface area contributed by atoms with Crippen LogP contribution in [0.5, 0.6) is 0 Å². The monoisotopic (exact) mass is 447 g/mol. The summed E-state index contributed by atoms with van der Waals surface area (Å²) in [6.07, 6.45) is 7.59. The average molecular weight is 448 g/mol. The number of hydrogen-bond acceptors (Lipinski definition) is 6. The van der Waals surface area contributed by atoms with E-state index in [0.717, 1.165) is 37.8 Å². The highest BCUT2D eigenvalue weighted by Crippen LogP contribution is 2.31. The van der Waals surface area contributed by atoms with E-state index in [2.05, 4.69) is 25.0 Å². The predicted octanol–water partition coefficient (Wildman–Crippen LogP) is 4.31. The Kier molecular flexibility index (Phi) is 6.38. The van der Waals surface area contributed by atoms with E-state index in [9.17, 15) is 13.7 Å². The third-order valence-corrected chi connectivity index (χ3v) is 6.57. The number of nitrogens with one attached hydrogen (secondary N) is 3. The number of aromatic amines is 1. The number of carbonyl (C=O) groups is 1. The van der Waals surface area contributed by atoms with Crippen molar-refractivity contribution in [3.8, 4) is 0 Å². The van der Waals surface area contributed by atoms with Gasteiger partial charge >= 0.3 is 0 Å². The molecule has 2 heterocycles. The second-order valence-electron chi connectivity index (χ2n) is 7.54. The van der Waals surface area contributed by atoms with E-state index in [1.807, 2.05) is 6.92 Å². The molecule has 1 saturated carbocycles. The zero-order valence-corrected chi connectivity index (χ0v) is 17.8. The third kappa shape index (κ3) is 4.35. The van der Waals surface area contributed by atoms with Gasteiger partial charge in [-0.3, -0.25) is 4.79 Å². The van der Waals surface area contributed by atoms with Gasteiger partial charge in [-0.25, -0.2) is 23.5 Å². The van der Waals surface area contributed by atoms with Gasteiger partial charge in [-0.05, 0) is 31.4 Å². The molecule has 4 rings (SSSR count). The Bertz CT molecular complexity index is 1100. The van der Waals surface area contributed by atoms with Crippen LogP contribution in [0.4, 0.5) is 20.3 Å². The highest BCUT2D eigenvalue weighted by atomic mass is 32.2. The summed E-state index contributed by atoms with van der Waals surface area (Å²) < 4.78 is 44.1. The number of anilines is 2. The first kappa shape index (κ1) is 21.5. The Hall–Kier alpha value is -2.72. The molecule has 10 heteroatoms. The van der Waals surface area contributed by atoms with Crippen LogP contribution in [-0.2, 0) is 11.4 Å². The van der Waals surface area contributed by atoms with E-state index in [4.69, 9.17) is 0 Å². The summed E-state index contributed by atoms with van der Waals surface area (Å²) in [6.45, 7) is 1.84. The lowest BCUT2D eigenvalue weighted by Crippen LogP contribution is -2.19. The summed E-state index contributed by atoms with van der Waals surface area (Å²) in [5.74, 6) is -2.15. The number of benzene rings is 1. The quantitative estimate of drug-likeness (QED) is 0.351. The van der Waals surface area contributed by atoms with Gasteiger partial charge in [0.1, 0.15) is 35.0 Å². The number of carbonyl (C=O) groups excluding carboxylic acids is 1. The minimum absolute atomic E-state index is 0.0701. The van der Waals surface area contributed by atoms with Crippen molar-refractivity contribution in [2.75, 3.05) is 15.8 Å². The van der Waals surface area contributed by atoms with Gasteiger partial charge in [-0.15, -0.1) is 0 Å². The molecule has 2 aromatic heterocycles. The van der Waals surface area contributed by atoms with Crippen molar-refractivity contribution in [2.24, 2.45) is 0 Å². The van der Waals surface area contributed by atoms with Crippen LogP contribution in [0.3, 0.4) is 0 Å². The topological polar surface area (TPSA) is 106 Å². The highest BCUT2D eigenvalue weighted by Gasteiger charge is 2.27. The number of rotatable bonds is 8. The molecule has 3 aromatic rings. The molecule has 1 atom stereocenters. The summed E-state index contributed by atoms with van der Waals surface area (Å²) in [5, 5.41) is 3.73. The number of halogens is 2. The second kappa shape index (κ2) is 9.19. The molecule has 164 valence electrons. The van der Waals surface area contributed by atoms with Crippen molar-refractivity contribution >= 4 is 39.7 Å². The van der Waals surface area contributed by atoms with Crippen molar-refractivity contribution in [2.45, 2.75) is 45.1 Å². The van der Waals surface area contributed by atoms with Gasteiger partial charge in [0.15, 0.2) is 5.82 Å². The first-order valence-electron chi connectivity index (χ1n) is 10.3. The molecule has 0 spiro atoms. The molecule has 0 saturated heterocycles. The fourth-order valence-corrected chi connectivity index (χ4v) is 4.72. The maximum absolute atomic E-state index is 15.1. The van der Waals surface area contributed by atoms with E-state index in [-0.39, 0.29) is 17.3 Å². The summed E-state index contributed by atoms with van der Waals surface area (Å²) >= 11 is -1.54. The lowest BCUT2D eigenvalue weighted by molar-refractivity contribution is 0.103. The number of nitrogens with zero attached hydrogens (tertiary/aromatic N) is 2. The van der Waals surface area contributed by atoms with Gasteiger partial charge in [0.2, 0.25) is 5.78 Å². The van der Waals surface area contributed by atoms with Crippen molar-refractivity contribution < 1.29 is 18.1 Å². The van der Waals surface area contributed by atoms with Crippen LogP contribution in [0.2, 0.25) is 0 Å². The molecule has 1 aliphatic rings. The van der Waals surface area contributed by atoms with Gasteiger partial charge in [0.05, 0.1) is 27.9 Å². The van der Waals surface area contributed by atoms with Gasteiger partial charge in [-0.2, -0.15) is 0 Å². The average Bonchev–Trinajstić information content (AvgIpc) is 3.40. The minimum atomic E-state index is -1.54. The lowest BCUT2D eigenvalue weighted by Gasteiger charge is -2.15. The SMILES string of the molecule is CCC[S+]([O-])Nc1ccc(F)c(C(=O)c2c[nH]c3ncnc(NC4CCCC4)c23)c1F. The second-order valence-corrected chi connectivity index (χ2v) is 8.84. The van der Waals surface area contributed by atoms with Crippen LogP contribution in [0, 0.1) is 11.6 Å². The maximum Gasteiger partial charge on any atom is 0.201 e. The number of aromatic nitrogens is 3. The van der Waals surface area contributed by atoms with Gasteiger partial charge < -0.3 is 14.9 Å². The van der Waals surface area contributed by atoms with Gasteiger partial charge in [0, 0.05) is 12.2 Å². The third-order valence-electron chi connectivity index (χ3n) is 5.34. The van der Waals surface area contributed by atoms with Crippen molar-refractivity contribution in [1.82, 2.24) is 15.0 Å². The molecule has 0 aliphatic heterocycles. The lowest BCUT2D eigenvalue weighted by atomic mass is 10.0. The molecule has 0 amide bonds. The molecular formula is C21H23F2N5O2S. The summed E-state index contributed by atoms with van der Waals surface area (Å²) in [5.41, 5.74) is -0.425. The molecular weight excluding hydrogens is 424 g/mol. The molecule has 1 aliphatic carbocycles. The largest absolute Gasteiger partial charge is 0.593 e. The summed E-state index contributed by atoms with van der Waals surface area (Å²) in [4.78, 5) is 24.5. The number of fused-ring (bicyclic) bond motifs is 1. The molecule has 0 radical (unpaired) electrons. The number of H-pyrrole nitrogens is 1. The van der Waals surface area contributed by atoms with Crippen LogP contribution >= 0.6 is 0 Å². The summed E-state index contributed by atoms with van der Waals surface area (Å²) in [7, 11) is 0. The van der Waals surface area contributed by atoms with Crippen LogP contribution in [0.25, 0.3) is 11.0 Å². The van der Waals surface area contributed by atoms with E-state index in [1.54, 1.807) is 0 Å². The maximum atomic E-state index is 15.1. The molecule has 3 N–H and O–H groups in total. The van der Waals surface area contributed by atoms with E-state index >= 15 is 4.39 Å². The fraction of sp³-hybridized carbons (Fsp3) is 0.381. The molecule has 0 bridgehead atoms. The van der Waals surface area contributed by atoms with Crippen LogP contribution < -0.4 is 10.0 Å². The van der Waals surface area contributed by atoms with E-state index < -0.39 is 34.3 Å². The highest BCUT2D eigenvalue weighted by molar-refractivity contribution is 7.92. The van der Waals surface area contributed by atoms with Gasteiger partial charge in [0.25, 0.3) is 0 Å². The summed E-state index contributed by atoms with van der Waals surface area (Å²) in [6, 6.07) is 2.36. The van der Waals surface area contributed by atoms with Crippen molar-refractivity contribution in [1.29, 1.82) is 0 Å². The molecule has 7 nitrogen and oxygen atoms in total. The van der Waals surface area contributed by atoms with E-state index in [0.29, 0.717) is 29.0 Å². The van der Waals surface area contributed by atoms with Crippen molar-refractivity contribution in [3.63, 3.8) is 0 Å². The predicted molar refractivity (Wildman–Crippen MR) is 116 cm³/mol. The number of hydrogen-bond donors (Lipinski definition) is 3. The zero-order chi connectivity index (χ0) is 22.0. The first-order valence-corrected chi connectivity index (χ1v) is 11.6. The van der Waals surface area contributed by atoms with Gasteiger partial charge in [-0.1, -0.05) is 19.8 Å². The van der Waals surface area contributed by atoms with Crippen LogP contribution in [-0.4, -0.2) is 37.1 Å². The number of ketones is 1. The van der Waals surface area contributed by atoms with Crippen molar-refractivity contribution in [3.05, 3.63) is 47.4 Å². The molecule has 31 heavy (non-hydrogen) atoms. The van der Waals surface area contributed by atoms with E-state index in [1.165, 1.54) is 12.5 Å². The Morgan fingerprint density at radius 3 is 2.81 bits per heavy atom. The zero-order valence-electron chi connectivity index (χ0n) is 17.0. The molecule has 1 fully saturated rings. The van der Waals surface area contributed by atoms with Crippen LogP contribution in [0.1, 0.15) is 54.9 Å².